The van der Waals surface area contributed by atoms with Gasteiger partial charge in [-0.1, -0.05) is 188 Å². The summed E-state index contributed by atoms with van der Waals surface area (Å²) in [6.45, 7) is 8.59. The molecule has 0 saturated carbocycles. The van der Waals surface area contributed by atoms with Gasteiger partial charge >= 0.3 is 0 Å². The van der Waals surface area contributed by atoms with E-state index in [2.05, 4.69) is 20.8 Å². The molecule has 6 heteroatoms. The molecule has 6 nitrogen and oxygen atoms in total. The Kier molecular flexibility index (Phi) is 32.6. The molecule has 47 heavy (non-hydrogen) atoms. The van der Waals surface area contributed by atoms with E-state index < -0.39 is 30.7 Å². The first-order valence-corrected chi connectivity index (χ1v) is 21.0. The largest absolute Gasteiger partial charge is 0.387 e. The average Bonchev–Trinajstić information content (AvgIpc) is 3.08. The molecule has 0 bridgehead atoms. The topological polar surface area (TPSA) is 77.4 Å². The van der Waals surface area contributed by atoms with Crippen molar-refractivity contribution in [3.8, 4) is 0 Å². The van der Waals surface area contributed by atoms with Gasteiger partial charge in [-0.25, -0.2) is 0 Å². The SMILES string of the molecule is CCCCCCCCCCCCCCCCOC[C@H]1O[C@@H](OCCC)[C@H](OCCCCCCCCCCCCCCCC)[C@@H](O)[C@H]1O. The van der Waals surface area contributed by atoms with Crippen LogP contribution in [0.4, 0.5) is 0 Å². The Morgan fingerprint density at radius 1 is 0.404 bits per heavy atom. The second-order valence-corrected chi connectivity index (χ2v) is 14.5. The lowest BCUT2D eigenvalue weighted by Gasteiger charge is -2.42. The van der Waals surface area contributed by atoms with Crippen LogP contribution in [0.15, 0.2) is 0 Å². The first kappa shape index (κ1) is 44.8. The summed E-state index contributed by atoms with van der Waals surface area (Å²) in [4.78, 5) is 0. The fourth-order valence-corrected chi connectivity index (χ4v) is 6.70. The first-order valence-electron chi connectivity index (χ1n) is 21.0. The van der Waals surface area contributed by atoms with Gasteiger partial charge in [-0.2, -0.15) is 0 Å². The van der Waals surface area contributed by atoms with Crippen molar-refractivity contribution >= 4 is 0 Å². The van der Waals surface area contributed by atoms with Crippen molar-refractivity contribution < 1.29 is 29.2 Å². The van der Waals surface area contributed by atoms with Crippen molar-refractivity contribution in [1.82, 2.24) is 0 Å². The molecular formula is C41H82O6. The van der Waals surface area contributed by atoms with Crippen LogP contribution >= 0.6 is 0 Å². The molecule has 282 valence electrons. The summed E-state index contributed by atoms with van der Waals surface area (Å²) in [5.74, 6) is 0. The third-order valence-corrected chi connectivity index (χ3v) is 9.86. The zero-order valence-corrected chi connectivity index (χ0v) is 31.7. The van der Waals surface area contributed by atoms with E-state index >= 15 is 0 Å². The van der Waals surface area contributed by atoms with Gasteiger partial charge in [0.05, 0.1) is 6.61 Å². The first-order chi connectivity index (χ1) is 23.2. The smallest absolute Gasteiger partial charge is 0.186 e. The molecule has 1 fully saturated rings. The Morgan fingerprint density at radius 2 is 0.787 bits per heavy atom. The minimum atomic E-state index is -1.05. The predicted octanol–water partition coefficient (Wildman–Crippen LogP) is 11.2. The Morgan fingerprint density at radius 3 is 1.19 bits per heavy atom. The van der Waals surface area contributed by atoms with Gasteiger partial charge in [0.2, 0.25) is 0 Å². The average molecular weight is 671 g/mol. The molecule has 0 aromatic rings. The van der Waals surface area contributed by atoms with E-state index in [1.165, 1.54) is 161 Å². The van der Waals surface area contributed by atoms with Crippen LogP contribution in [-0.2, 0) is 18.9 Å². The van der Waals surface area contributed by atoms with E-state index in [0.29, 0.717) is 19.8 Å². The fraction of sp³-hybridized carbons (Fsp3) is 1.00. The van der Waals surface area contributed by atoms with E-state index in [-0.39, 0.29) is 6.61 Å². The molecule has 1 rings (SSSR count). The van der Waals surface area contributed by atoms with Crippen LogP contribution in [0.3, 0.4) is 0 Å². The summed E-state index contributed by atoms with van der Waals surface area (Å²) in [6.07, 6.45) is 33.8. The maximum Gasteiger partial charge on any atom is 0.186 e. The molecule has 1 aliphatic heterocycles. The van der Waals surface area contributed by atoms with Gasteiger partial charge in [-0.05, 0) is 19.3 Å². The van der Waals surface area contributed by atoms with Crippen LogP contribution < -0.4 is 0 Å². The van der Waals surface area contributed by atoms with Crippen LogP contribution in [-0.4, -0.2) is 67.3 Å². The van der Waals surface area contributed by atoms with E-state index in [9.17, 15) is 10.2 Å². The van der Waals surface area contributed by atoms with E-state index in [1.54, 1.807) is 0 Å². The Balaban J connectivity index is 2.09. The highest BCUT2D eigenvalue weighted by molar-refractivity contribution is 4.90. The van der Waals surface area contributed by atoms with Crippen LogP contribution in [0.2, 0.25) is 0 Å². The van der Waals surface area contributed by atoms with Gasteiger partial charge in [-0.3, -0.25) is 0 Å². The summed E-state index contributed by atoms with van der Waals surface area (Å²) in [6, 6.07) is 0. The Labute approximate surface area is 292 Å². The molecule has 1 aliphatic rings. The maximum absolute atomic E-state index is 10.9. The van der Waals surface area contributed by atoms with Gasteiger partial charge in [0, 0.05) is 19.8 Å². The Hall–Kier alpha value is -0.240. The summed E-state index contributed by atoms with van der Waals surface area (Å²) in [7, 11) is 0. The predicted molar refractivity (Wildman–Crippen MR) is 198 cm³/mol. The number of ether oxygens (including phenoxy) is 4. The molecule has 0 aromatic carbocycles. The van der Waals surface area contributed by atoms with Gasteiger partial charge in [0.15, 0.2) is 6.29 Å². The molecule has 0 unspecified atom stereocenters. The fourth-order valence-electron chi connectivity index (χ4n) is 6.70. The highest BCUT2D eigenvalue weighted by Gasteiger charge is 2.45. The van der Waals surface area contributed by atoms with E-state index in [0.717, 1.165) is 25.7 Å². The summed E-state index contributed by atoms with van der Waals surface area (Å²) >= 11 is 0. The highest BCUT2D eigenvalue weighted by atomic mass is 16.7. The molecule has 0 aromatic heterocycles. The second-order valence-electron chi connectivity index (χ2n) is 14.5. The lowest BCUT2D eigenvalue weighted by Crippen LogP contribution is -2.60. The van der Waals surface area contributed by atoms with Crippen molar-refractivity contribution in [2.75, 3.05) is 26.4 Å². The summed E-state index contributed by atoms with van der Waals surface area (Å²) in [5, 5.41) is 21.7. The van der Waals surface area contributed by atoms with Crippen LogP contribution in [0, 0.1) is 0 Å². The normalized spacial score (nSPS) is 21.5. The number of unbranched alkanes of at least 4 members (excludes halogenated alkanes) is 26. The zero-order chi connectivity index (χ0) is 34.0. The third-order valence-electron chi connectivity index (χ3n) is 9.86. The van der Waals surface area contributed by atoms with E-state index in [4.69, 9.17) is 18.9 Å². The third kappa shape index (κ3) is 25.4. The molecule has 0 amide bonds. The highest BCUT2D eigenvalue weighted by Crippen LogP contribution is 2.26. The van der Waals surface area contributed by atoms with Crippen molar-refractivity contribution in [2.45, 2.75) is 238 Å². The van der Waals surface area contributed by atoms with Crippen molar-refractivity contribution in [3.63, 3.8) is 0 Å². The van der Waals surface area contributed by atoms with Crippen molar-refractivity contribution in [3.05, 3.63) is 0 Å². The lowest BCUT2D eigenvalue weighted by atomic mass is 9.99. The number of aliphatic hydroxyl groups is 2. The number of hydrogen-bond donors (Lipinski definition) is 2. The summed E-state index contributed by atoms with van der Waals surface area (Å²) < 4.78 is 24.0. The minimum absolute atomic E-state index is 0.258. The molecule has 5 atom stereocenters. The van der Waals surface area contributed by atoms with Crippen molar-refractivity contribution in [2.24, 2.45) is 0 Å². The molecule has 1 saturated heterocycles. The van der Waals surface area contributed by atoms with E-state index in [1.807, 2.05) is 0 Å². The zero-order valence-electron chi connectivity index (χ0n) is 31.7. The summed E-state index contributed by atoms with van der Waals surface area (Å²) in [5.41, 5.74) is 0. The quantitative estimate of drug-likeness (QED) is 0.0646. The number of hydrogen-bond acceptors (Lipinski definition) is 6. The van der Waals surface area contributed by atoms with Gasteiger partial charge < -0.3 is 29.2 Å². The van der Waals surface area contributed by atoms with Crippen LogP contribution in [0.5, 0.6) is 0 Å². The number of rotatable bonds is 36. The Bertz CT molecular complexity index is 617. The molecule has 0 aliphatic carbocycles. The molecule has 2 N–H and O–H groups in total. The molecule has 0 spiro atoms. The second kappa shape index (κ2) is 34.2. The van der Waals surface area contributed by atoms with Gasteiger partial charge in [-0.15, -0.1) is 0 Å². The van der Waals surface area contributed by atoms with Crippen LogP contribution in [0.1, 0.15) is 207 Å². The number of aliphatic hydroxyl groups excluding tert-OH is 2. The minimum Gasteiger partial charge on any atom is -0.387 e. The molecular weight excluding hydrogens is 588 g/mol. The van der Waals surface area contributed by atoms with Crippen molar-refractivity contribution in [1.29, 1.82) is 0 Å². The monoisotopic (exact) mass is 671 g/mol. The lowest BCUT2D eigenvalue weighted by molar-refractivity contribution is -0.311. The van der Waals surface area contributed by atoms with Gasteiger partial charge in [0.1, 0.15) is 24.4 Å². The van der Waals surface area contributed by atoms with Crippen LogP contribution in [0.25, 0.3) is 0 Å². The molecule has 0 radical (unpaired) electrons. The molecule has 1 heterocycles. The maximum atomic E-state index is 10.9. The van der Waals surface area contributed by atoms with Gasteiger partial charge in [0.25, 0.3) is 0 Å². The standard InChI is InChI=1S/C41H82O6/c1-4-7-9-11-13-15-17-19-21-23-25-27-29-31-34-44-36-37-38(42)39(43)40(41(47-37)46-33-6-3)45-35-32-30-28-26-24-22-20-18-16-14-12-10-8-5-2/h37-43H,4-36H2,1-3H3/t37-,38+,39+,40-,41-/m1/s1.